The van der Waals surface area contributed by atoms with E-state index in [9.17, 15) is 0 Å². The molecule has 0 amide bonds. The van der Waals surface area contributed by atoms with Gasteiger partial charge in [0, 0.05) is 36.8 Å². The summed E-state index contributed by atoms with van der Waals surface area (Å²) in [6.07, 6.45) is 2.59. The molecule has 20 heavy (non-hydrogen) atoms. The largest absolute Gasteiger partial charge is 0.378 e. The van der Waals surface area contributed by atoms with Gasteiger partial charge < -0.3 is 10.5 Å². The zero-order chi connectivity index (χ0) is 14.5. The summed E-state index contributed by atoms with van der Waals surface area (Å²) >= 11 is 5.97. The van der Waals surface area contributed by atoms with Gasteiger partial charge in [-0.15, -0.1) is 0 Å². The number of hydrogen-bond donors (Lipinski definition) is 1. The quantitative estimate of drug-likeness (QED) is 0.906. The lowest BCUT2D eigenvalue weighted by molar-refractivity contribution is 0.00119. The summed E-state index contributed by atoms with van der Waals surface area (Å²) in [5.41, 5.74) is 7.47. The van der Waals surface area contributed by atoms with Crippen molar-refractivity contribution in [3.63, 3.8) is 0 Å². The van der Waals surface area contributed by atoms with Crippen LogP contribution in [0.15, 0.2) is 24.3 Å². The zero-order valence-corrected chi connectivity index (χ0v) is 13.1. The third-order valence-electron chi connectivity index (χ3n) is 3.98. The number of nitrogens with two attached hydrogens (primary N) is 1. The molecule has 1 aromatic carbocycles. The molecule has 2 rings (SSSR count). The van der Waals surface area contributed by atoms with Gasteiger partial charge >= 0.3 is 0 Å². The van der Waals surface area contributed by atoms with Crippen LogP contribution in [-0.4, -0.2) is 36.7 Å². The SMILES string of the molecule is CCOC1CCN(C(c2ccc(Cl)cc2)C(C)N)CC1. The molecule has 0 saturated carbocycles. The third-order valence-corrected chi connectivity index (χ3v) is 4.23. The van der Waals surface area contributed by atoms with Gasteiger partial charge in [0.15, 0.2) is 0 Å². The summed E-state index contributed by atoms with van der Waals surface area (Å²) < 4.78 is 5.72. The highest BCUT2D eigenvalue weighted by Crippen LogP contribution is 2.28. The Morgan fingerprint density at radius 3 is 2.40 bits per heavy atom. The van der Waals surface area contributed by atoms with Gasteiger partial charge in [-0.05, 0) is 44.4 Å². The molecule has 1 heterocycles. The number of ether oxygens (including phenoxy) is 1. The van der Waals surface area contributed by atoms with Crippen molar-refractivity contribution >= 4 is 11.6 Å². The summed E-state index contributed by atoms with van der Waals surface area (Å²) in [5, 5.41) is 0.771. The fourth-order valence-electron chi connectivity index (χ4n) is 3.06. The predicted molar refractivity (Wildman–Crippen MR) is 84.1 cm³/mol. The number of rotatable bonds is 5. The molecule has 2 N–H and O–H groups in total. The van der Waals surface area contributed by atoms with Gasteiger partial charge in [0.25, 0.3) is 0 Å². The maximum atomic E-state index is 6.22. The molecule has 0 spiro atoms. The van der Waals surface area contributed by atoms with Gasteiger partial charge in [0.1, 0.15) is 0 Å². The molecule has 0 radical (unpaired) electrons. The van der Waals surface area contributed by atoms with Gasteiger partial charge in [-0.25, -0.2) is 0 Å². The van der Waals surface area contributed by atoms with E-state index in [1.165, 1.54) is 5.56 Å². The second-order valence-electron chi connectivity index (χ2n) is 5.55. The highest BCUT2D eigenvalue weighted by atomic mass is 35.5. The Morgan fingerprint density at radius 1 is 1.30 bits per heavy atom. The Bertz CT molecular complexity index is 399. The van der Waals surface area contributed by atoms with Crippen molar-refractivity contribution in [3.05, 3.63) is 34.9 Å². The van der Waals surface area contributed by atoms with E-state index in [1.807, 2.05) is 12.1 Å². The first-order valence-corrected chi connectivity index (χ1v) is 7.86. The molecule has 1 fully saturated rings. The van der Waals surface area contributed by atoms with Gasteiger partial charge in [-0.3, -0.25) is 4.90 Å². The van der Waals surface area contributed by atoms with Crippen LogP contribution < -0.4 is 5.73 Å². The highest BCUT2D eigenvalue weighted by Gasteiger charge is 2.28. The van der Waals surface area contributed by atoms with Gasteiger partial charge in [-0.2, -0.15) is 0 Å². The van der Waals surface area contributed by atoms with Crippen molar-refractivity contribution in [2.75, 3.05) is 19.7 Å². The molecule has 112 valence electrons. The first-order valence-electron chi connectivity index (χ1n) is 7.48. The molecule has 1 aromatic rings. The zero-order valence-electron chi connectivity index (χ0n) is 12.4. The fourth-order valence-corrected chi connectivity index (χ4v) is 3.19. The lowest BCUT2D eigenvalue weighted by Crippen LogP contribution is -2.45. The van der Waals surface area contributed by atoms with Crippen molar-refractivity contribution in [1.29, 1.82) is 0 Å². The van der Waals surface area contributed by atoms with Crippen LogP contribution in [0.4, 0.5) is 0 Å². The average molecular weight is 297 g/mol. The normalized spacial score (nSPS) is 20.8. The van der Waals surface area contributed by atoms with E-state index in [0.717, 1.165) is 37.6 Å². The number of halogens is 1. The fraction of sp³-hybridized carbons (Fsp3) is 0.625. The molecule has 2 unspecified atom stereocenters. The second-order valence-corrected chi connectivity index (χ2v) is 5.98. The van der Waals surface area contributed by atoms with Crippen LogP contribution in [0.3, 0.4) is 0 Å². The van der Waals surface area contributed by atoms with Crippen LogP contribution in [0, 0.1) is 0 Å². The number of nitrogens with zero attached hydrogens (tertiary/aromatic N) is 1. The van der Waals surface area contributed by atoms with E-state index in [0.29, 0.717) is 6.10 Å². The summed E-state index contributed by atoms with van der Waals surface area (Å²) in [7, 11) is 0. The molecular formula is C16H25ClN2O. The van der Waals surface area contributed by atoms with Gasteiger partial charge in [0.2, 0.25) is 0 Å². The predicted octanol–water partition coefficient (Wildman–Crippen LogP) is 3.23. The van der Waals surface area contributed by atoms with Crippen LogP contribution in [0.25, 0.3) is 0 Å². The van der Waals surface area contributed by atoms with Crippen LogP contribution in [0.1, 0.15) is 38.3 Å². The number of hydrogen-bond acceptors (Lipinski definition) is 3. The van der Waals surface area contributed by atoms with Crippen molar-refractivity contribution in [2.45, 2.75) is 44.9 Å². The van der Waals surface area contributed by atoms with E-state index in [-0.39, 0.29) is 12.1 Å². The Morgan fingerprint density at radius 2 is 1.90 bits per heavy atom. The molecule has 0 bridgehead atoms. The molecule has 3 nitrogen and oxygen atoms in total. The number of likely N-dealkylation sites (tertiary alicyclic amines) is 1. The van der Waals surface area contributed by atoms with Crippen LogP contribution in [0.5, 0.6) is 0 Å². The van der Waals surface area contributed by atoms with E-state index in [1.54, 1.807) is 0 Å². The number of piperidine rings is 1. The number of benzene rings is 1. The topological polar surface area (TPSA) is 38.5 Å². The lowest BCUT2D eigenvalue weighted by atomic mass is 9.96. The minimum absolute atomic E-state index is 0.0971. The van der Waals surface area contributed by atoms with Crippen molar-refractivity contribution in [2.24, 2.45) is 5.73 Å². The molecule has 1 aliphatic rings. The molecule has 0 aliphatic carbocycles. The van der Waals surface area contributed by atoms with Crippen LogP contribution >= 0.6 is 11.6 Å². The Balaban J connectivity index is 2.05. The third kappa shape index (κ3) is 3.95. The standard InChI is InChI=1S/C16H25ClN2O/c1-3-20-15-8-10-19(11-9-15)16(12(2)18)13-4-6-14(17)7-5-13/h4-7,12,15-16H,3,8-11,18H2,1-2H3. The smallest absolute Gasteiger partial charge is 0.0599 e. The van der Waals surface area contributed by atoms with E-state index in [4.69, 9.17) is 22.1 Å². The Labute approximate surface area is 127 Å². The van der Waals surface area contributed by atoms with E-state index in [2.05, 4.69) is 30.9 Å². The van der Waals surface area contributed by atoms with Crippen LogP contribution in [-0.2, 0) is 4.74 Å². The Kier molecular flexibility index (Phi) is 5.85. The first-order chi connectivity index (χ1) is 9.61. The maximum Gasteiger partial charge on any atom is 0.0599 e. The Hall–Kier alpha value is -0.610. The molecule has 1 saturated heterocycles. The lowest BCUT2D eigenvalue weighted by Gasteiger charge is -2.39. The van der Waals surface area contributed by atoms with E-state index < -0.39 is 0 Å². The highest BCUT2D eigenvalue weighted by molar-refractivity contribution is 6.30. The summed E-state index contributed by atoms with van der Waals surface area (Å²) in [6.45, 7) is 7.02. The molecule has 4 heteroatoms. The van der Waals surface area contributed by atoms with Crippen molar-refractivity contribution < 1.29 is 4.74 Å². The maximum absolute atomic E-state index is 6.22. The minimum Gasteiger partial charge on any atom is -0.378 e. The van der Waals surface area contributed by atoms with Crippen molar-refractivity contribution in [1.82, 2.24) is 4.90 Å². The summed E-state index contributed by atoms with van der Waals surface area (Å²) in [6, 6.07) is 8.42. The second kappa shape index (κ2) is 7.41. The van der Waals surface area contributed by atoms with Gasteiger partial charge in [0.05, 0.1) is 6.10 Å². The molecular weight excluding hydrogens is 272 g/mol. The molecule has 1 aliphatic heterocycles. The minimum atomic E-state index is 0.0971. The van der Waals surface area contributed by atoms with Crippen LogP contribution in [0.2, 0.25) is 5.02 Å². The summed E-state index contributed by atoms with van der Waals surface area (Å²) in [4.78, 5) is 2.48. The van der Waals surface area contributed by atoms with Gasteiger partial charge in [-0.1, -0.05) is 23.7 Å². The molecule has 2 atom stereocenters. The average Bonchev–Trinajstić information content (AvgIpc) is 2.43. The molecule has 0 aromatic heterocycles. The first kappa shape index (κ1) is 15.8. The summed E-state index contributed by atoms with van der Waals surface area (Å²) in [5.74, 6) is 0. The van der Waals surface area contributed by atoms with E-state index >= 15 is 0 Å². The van der Waals surface area contributed by atoms with Crippen molar-refractivity contribution in [3.8, 4) is 0 Å². The monoisotopic (exact) mass is 296 g/mol.